The number of benzene rings is 2. The van der Waals surface area contributed by atoms with Gasteiger partial charge in [0.2, 0.25) is 5.91 Å². The van der Waals surface area contributed by atoms with Crippen LogP contribution in [0.15, 0.2) is 54.7 Å². The van der Waals surface area contributed by atoms with E-state index >= 15 is 0 Å². The normalized spacial score (nSPS) is 20.9. The second-order valence-electron chi connectivity index (χ2n) is 10.8. The average molecular weight is 502 g/mol. The lowest BCUT2D eigenvalue weighted by molar-refractivity contribution is -0.125. The van der Waals surface area contributed by atoms with Gasteiger partial charge in [0.1, 0.15) is 18.4 Å². The molecule has 1 N–H and O–H groups in total. The van der Waals surface area contributed by atoms with E-state index in [4.69, 9.17) is 4.74 Å². The van der Waals surface area contributed by atoms with Crippen molar-refractivity contribution in [1.82, 2.24) is 15.1 Å². The van der Waals surface area contributed by atoms with Gasteiger partial charge >= 0.3 is 0 Å². The number of hydrogen-bond acceptors (Lipinski definition) is 5. The van der Waals surface area contributed by atoms with Crippen molar-refractivity contribution in [2.24, 2.45) is 11.8 Å². The molecule has 0 radical (unpaired) electrons. The molecule has 3 aliphatic rings. The maximum atomic E-state index is 13.3. The number of carbonyl (C=O) groups excluding carboxylic acids is 3. The van der Waals surface area contributed by atoms with Crippen LogP contribution in [0.3, 0.4) is 0 Å². The molecule has 1 unspecified atom stereocenters. The standard InChI is InChI=1S/C30H35N3O4/c1-19(2)23-13-15-32(16-14-23)17-21-8-10-22(11-9-21)18-37-26-6-4-5-24-27(26)30(36)33(29(24)35)25-12-7-20(3)31-28(25)34/h4-6,8-11,19,23,25H,3,7,12-18H2,1-2H3,(H,31,34). The summed E-state index contributed by atoms with van der Waals surface area (Å²) in [6.45, 7) is 11.9. The Hall–Kier alpha value is -3.45. The van der Waals surface area contributed by atoms with E-state index in [1.54, 1.807) is 18.2 Å². The highest BCUT2D eigenvalue weighted by Gasteiger charge is 2.45. The number of piperidine rings is 2. The number of imide groups is 1. The van der Waals surface area contributed by atoms with E-state index in [-0.39, 0.29) is 23.6 Å². The topological polar surface area (TPSA) is 79.0 Å². The van der Waals surface area contributed by atoms with Crippen LogP contribution in [-0.2, 0) is 17.9 Å². The summed E-state index contributed by atoms with van der Waals surface area (Å²) < 4.78 is 6.03. The molecular weight excluding hydrogens is 466 g/mol. The number of hydrogen-bond donors (Lipinski definition) is 1. The summed E-state index contributed by atoms with van der Waals surface area (Å²) in [6, 6.07) is 12.6. The molecule has 2 aromatic rings. The van der Waals surface area contributed by atoms with Crippen LogP contribution in [0, 0.1) is 11.8 Å². The van der Waals surface area contributed by atoms with Gasteiger partial charge in [-0.1, -0.05) is 50.8 Å². The molecule has 2 fully saturated rings. The van der Waals surface area contributed by atoms with Crippen LogP contribution in [0.1, 0.15) is 71.4 Å². The number of ether oxygens (including phenoxy) is 1. The van der Waals surface area contributed by atoms with Gasteiger partial charge < -0.3 is 10.1 Å². The van der Waals surface area contributed by atoms with E-state index in [1.165, 1.54) is 18.4 Å². The molecule has 0 saturated carbocycles. The number of nitrogens with zero attached hydrogens (tertiary/aromatic N) is 2. The zero-order valence-corrected chi connectivity index (χ0v) is 21.7. The predicted octanol–water partition coefficient (Wildman–Crippen LogP) is 4.52. The zero-order chi connectivity index (χ0) is 26.1. The Bertz CT molecular complexity index is 1210. The van der Waals surface area contributed by atoms with E-state index in [1.807, 2.05) is 0 Å². The first-order chi connectivity index (χ1) is 17.8. The molecule has 0 aromatic heterocycles. The fourth-order valence-electron chi connectivity index (χ4n) is 5.62. The SMILES string of the molecule is C=C1CCC(N2C(=O)c3cccc(OCc4ccc(CN5CCC(C(C)C)CC5)cc4)c3C2=O)C(=O)N1. The van der Waals surface area contributed by atoms with Gasteiger partial charge in [-0.3, -0.25) is 24.2 Å². The van der Waals surface area contributed by atoms with Crippen LogP contribution in [0.2, 0.25) is 0 Å². The number of rotatable bonds is 7. The Balaban J connectivity index is 1.22. The molecule has 2 aromatic carbocycles. The first-order valence-electron chi connectivity index (χ1n) is 13.2. The van der Waals surface area contributed by atoms with Crippen LogP contribution in [0.5, 0.6) is 5.75 Å². The molecule has 3 heterocycles. The minimum absolute atomic E-state index is 0.228. The maximum absolute atomic E-state index is 13.3. The van der Waals surface area contributed by atoms with Gasteiger partial charge in [0.25, 0.3) is 11.8 Å². The number of fused-ring (bicyclic) bond motifs is 1. The summed E-state index contributed by atoms with van der Waals surface area (Å²) in [5.74, 6) is 0.633. The largest absolute Gasteiger partial charge is 0.488 e. The summed E-state index contributed by atoms with van der Waals surface area (Å²) in [4.78, 5) is 42.4. The molecule has 0 bridgehead atoms. The Kier molecular flexibility index (Phi) is 7.15. The summed E-state index contributed by atoms with van der Waals surface area (Å²) in [6.07, 6.45) is 3.43. The highest BCUT2D eigenvalue weighted by molar-refractivity contribution is 6.24. The predicted molar refractivity (Wildman–Crippen MR) is 141 cm³/mol. The molecule has 5 rings (SSSR count). The zero-order valence-electron chi connectivity index (χ0n) is 21.7. The maximum Gasteiger partial charge on any atom is 0.266 e. The quantitative estimate of drug-likeness (QED) is 0.565. The minimum atomic E-state index is -0.838. The summed E-state index contributed by atoms with van der Waals surface area (Å²) in [5, 5.41) is 2.66. The lowest BCUT2D eigenvalue weighted by Crippen LogP contribution is -2.51. The van der Waals surface area contributed by atoms with Gasteiger partial charge in [-0.2, -0.15) is 0 Å². The van der Waals surface area contributed by atoms with Crippen LogP contribution < -0.4 is 10.1 Å². The molecule has 0 spiro atoms. The Morgan fingerprint density at radius 2 is 1.68 bits per heavy atom. The van der Waals surface area contributed by atoms with Gasteiger partial charge in [-0.25, -0.2) is 0 Å². The second-order valence-corrected chi connectivity index (χ2v) is 10.8. The van der Waals surface area contributed by atoms with Crippen LogP contribution in [0.4, 0.5) is 0 Å². The van der Waals surface area contributed by atoms with Crippen molar-refractivity contribution >= 4 is 17.7 Å². The third kappa shape index (κ3) is 5.18. The van der Waals surface area contributed by atoms with Gasteiger partial charge in [0.15, 0.2) is 0 Å². The van der Waals surface area contributed by atoms with Crippen molar-refractivity contribution in [3.8, 4) is 5.75 Å². The van der Waals surface area contributed by atoms with Gasteiger partial charge in [-0.05, 0) is 73.9 Å². The van der Waals surface area contributed by atoms with Crippen LogP contribution in [-0.4, -0.2) is 46.7 Å². The lowest BCUT2D eigenvalue weighted by Gasteiger charge is -2.33. The third-order valence-corrected chi connectivity index (χ3v) is 7.94. The Labute approximate surface area is 218 Å². The fourth-order valence-corrected chi connectivity index (χ4v) is 5.62. The summed E-state index contributed by atoms with van der Waals surface area (Å²) in [7, 11) is 0. The Morgan fingerprint density at radius 1 is 0.973 bits per heavy atom. The number of likely N-dealkylation sites (tertiary alicyclic amines) is 1. The van der Waals surface area contributed by atoms with Crippen molar-refractivity contribution in [3.63, 3.8) is 0 Å². The number of allylic oxidation sites excluding steroid dienone is 1. The van der Waals surface area contributed by atoms with E-state index in [0.29, 0.717) is 24.3 Å². The monoisotopic (exact) mass is 501 g/mol. The molecule has 194 valence electrons. The first kappa shape index (κ1) is 25.2. The number of nitrogens with one attached hydrogen (secondary N) is 1. The van der Waals surface area contributed by atoms with Crippen molar-refractivity contribution in [2.45, 2.75) is 58.7 Å². The van der Waals surface area contributed by atoms with E-state index < -0.39 is 17.9 Å². The molecular formula is C30H35N3O4. The Morgan fingerprint density at radius 3 is 2.35 bits per heavy atom. The molecule has 3 aliphatic heterocycles. The van der Waals surface area contributed by atoms with Crippen molar-refractivity contribution in [3.05, 3.63) is 77.0 Å². The molecule has 7 nitrogen and oxygen atoms in total. The average Bonchev–Trinajstić information content (AvgIpc) is 3.14. The van der Waals surface area contributed by atoms with Crippen LogP contribution >= 0.6 is 0 Å². The van der Waals surface area contributed by atoms with Gasteiger partial charge in [0, 0.05) is 12.2 Å². The van der Waals surface area contributed by atoms with Crippen molar-refractivity contribution < 1.29 is 19.1 Å². The first-order valence-corrected chi connectivity index (χ1v) is 13.2. The van der Waals surface area contributed by atoms with Crippen LogP contribution in [0.25, 0.3) is 0 Å². The highest BCUT2D eigenvalue weighted by Crippen LogP contribution is 2.34. The number of amides is 3. The third-order valence-electron chi connectivity index (χ3n) is 7.94. The molecule has 3 amide bonds. The summed E-state index contributed by atoms with van der Waals surface area (Å²) >= 11 is 0. The number of carbonyl (C=O) groups is 3. The molecule has 7 heteroatoms. The molecule has 1 atom stereocenters. The molecule has 0 aliphatic carbocycles. The summed E-state index contributed by atoms with van der Waals surface area (Å²) in [5.41, 5.74) is 3.36. The highest BCUT2D eigenvalue weighted by atomic mass is 16.5. The van der Waals surface area contributed by atoms with E-state index in [2.05, 4.69) is 54.9 Å². The van der Waals surface area contributed by atoms with E-state index in [9.17, 15) is 14.4 Å². The molecule has 2 saturated heterocycles. The smallest absolute Gasteiger partial charge is 0.266 e. The fraction of sp³-hybridized carbons (Fsp3) is 0.433. The second kappa shape index (κ2) is 10.5. The van der Waals surface area contributed by atoms with Gasteiger partial charge in [0.05, 0.1) is 11.1 Å². The minimum Gasteiger partial charge on any atom is -0.488 e. The van der Waals surface area contributed by atoms with Crippen molar-refractivity contribution in [2.75, 3.05) is 13.1 Å². The lowest BCUT2D eigenvalue weighted by atomic mass is 9.86. The van der Waals surface area contributed by atoms with Crippen molar-refractivity contribution in [1.29, 1.82) is 0 Å². The molecule has 37 heavy (non-hydrogen) atoms. The van der Waals surface area contributed by atoms with Gasteiger partial charge in [-0.15, -0.1) is 0 Å². The van der Waals surface area contributed by atoms with E-state index in [0.717, 1.165) is 41.9 Å².